The molecule has 1 aliphatic rings. The molecule has 1 heterocycles. The first-order valence-electron chi connectivity index (χ1n) is 7.10. The number of hydrogen-bond donors (Lipinski definition) is 1. The van der Waals surface area contributed by atoms with Gasteiger partial charge in [0, 0.05) is 19.1 Å². The summed E-state index contributed by atoms with van der Waals surface area (Å²) in [4.78, 5) is 14.2. The highest BCUT2D eigenvalue weighted by atomic mass is 35.5. The van der Waals surface area contributed by atoms with Gasteiger partial charge in [0.05, 0.1) is 21.1 Å². The van der Waals surface area contributed by atoms with Crippen molar-refractivity contribution in [3.05, 3.63) is 32.8 Å². The van der Waals surface area contributed by atoms with E-state index in [0.29, 0.717) is 15.1 Å². The van der Waals surface area contributed by atoms with Crippen LogP contribution in [0.25, 0.3) is 0 Å². The van der Waals surface area contributed by atoms with Gasteiger partial charge in [0.25, 0.3) is 0 Å². The Balaban J connectivity index is 2.05. The molecule has 2 unspecified atom stereocenters. The topological polar surface area (TPSA) is 32.3 Å². The second kappa shape index (κ2) is 7.19. The Morgan fingerprint density at radius 2 is 1.76 bits per heavy atom. The van der Waals surface area contributed by atoms with Gasteiger partial charge < -0.3 is 4.90 Å². The van der Waals surface area contributed by atoms with E-state index >= 15 is 0 Å². The van der Waals surface area contributed by atoms with Gasteiger partial charge in [-0.15, -0.1) is 0 Å². The third kappa shape index (κ3) is 3.84. The van der Waals surface area contributed by atoms with Gasteiger partial charge in [0.1, 0.15) is 0 Å². The Bertz CT molecular complexity index is 530. The lowest BCUT2D eigenvalue weighted by atomic mass is 10.1. The Labute approximate surface area is 140 Å². The van der Waals surface area contributed by atoms with Crippen LogP contribution in [0.4, 0.5) is 0 Å². The Kier molecular flexibility index (Phi) is 5.78. The fourth-order valence-corrected chi connectivity index (χ4v) is 3.33. The molecule has 0 radical (unpaired) electrons. The molecule has 1 aromatic rings. The number of nitrogens with zero attached hydrogens (tertiary/aromatic N) is 1. The van der Waals surface area contributed by atoms with E-state index in [9.17, 15) is 4.79 Å². The Morgan fingerprint density at radius 1 is 1.14 bits per heavy atom. The molecule has 1 aliphatic heterocycles. The van der Waals surface area contributed by atoms with Gasteiger partial charge >= 0.3 is 0 Å². The first-order chi connectivity index (χ1) is 9.91. The van der Waals surface area contributed by atoms with E-state index in [-0.39, 0.29) is 18.0 Å². The van der Waals surface area contributed by atoms with E-state index < -0.39 is 0 Å². The fourth-order valence-electron chi connectivity index (χ4n) is 2.62. The number of carbonyl (C=O) groups is 1. The van der Waals surface area contributed by atoms with Gasteiger partial charge in [-0.05, 0) is 38.3 Å². The first-order valence-corrected chi connectivity index (χ1v) is 8.23. The number of halogens is 3. The molecule has 1 amide bonds. The van der Waals surface area contributed by atoms with Crippen molar-refractivity contribution in [2.75, 3.05) is 13.1 Å². The molecule has 0 aliphatic carbocycles. The fraction of sp³-hybridized carbons (Fsp3) is 0.533. The zero-order valence-electron chi connectivity index (χ0n) is 12.1. The van der Waals surface area contributed by atoms with Crippen LogP contribution in [0.3, 0.4) is 0 Å². The highest BCUT2D eigenvalue weighted by molar-refractivity contribution is 6.48. The molecular formula is C15H19Cl3N2O. The Morgan fingerprint density at radius 3 is 2.38 bits per heavy atom. The molecular weight excluding hydrogens is 331 g/mol. The largest absolute Gasteiger partial charge is 0.341 e. The van der Waals surface area contributed by atoms with Gasteiger partial charge in [0.15, 0.2) is 0 Å². The maximum Gasteiger partial charge on any atom is 0.239 e. The molecule has 6 heteroatoms. The number of nitrogens with one attached hydrogen (secondary N) is 1. The van der Waals surface area contributed by atoms with E-state index in [4.69, 9.17) is 34.8 Å². The van der Waals surface area contributed by atoms with Crippen LogP contribution in [0, 0.1) is 0 Å². The van der Waals surface area contributed by atoms with Gasteiger partial charge in [-0.2, -0.15) is 0 Å². The molecule has 116 valence electrons. The molecule has 1 aromatic carbocycles. The molecule has 1 N–H and O–H groups in total. The number of likely N-dealkylation sites (tertiary alicyclic amines) is 1. The van der Waals surface area contributed by atoms with Crippen LogP contribution in [-0.4, -0.2) is 29.9 Å². The van der Waals surface area contributed by atoms with Gasteiger partial charge in [-0.25, -0.2) is 0 Å². The van der Waals surface area contributed by atoms with Crippen LogP contribution in [-0.2, 0) is 4.79 Å². The standard InChI is InChI=1S/C15H19Cl3N2O/c1-9(11-5-6-12(16)14(18)13(11)17)19-10(2)15(21)20-7-3-4-8-20/h5-6,9-10,19H,3-4,7-8H2,1-2H3. The van der Waals surface area contributed by atoms with Crippen molar-refractivity contribution in [1.82, 2.24) is 10.2 Å². The van der Waals surface area contributed by atoms with Crippen LogP contribution in [0.5, 0.6) is 0 Å². The minimum absolute atomic E-state index is 0.0891. The molecule has 0 bridgehead atoms. The molecule has 1 fully saturated rings. The maximum atomic E-state index is 12.3. The number of amides is 1. The minimum Gasteiger partial charge on any atom is -0.341 e. The third-order valence-corrected chi connectivity index (χ3v) is 5.13. The van der Waals surface area contributed by atoms with Crippen molar-refractivity contribution in [3.63, 3.8) is 0 Å². The van der Waals surface area contributed by atoms with Crippen LogP contribution in [0.2, 0.25) is 15.1 Å². The predicted molar refractivity (Wildman–Crippen MR) is 88.3 cm³/mol. The lowest BCUT2D eigenvalue weighted by molar-refractivity contribution is -0.132. The summed E-state index contributed by atoms with van der Waals surface area (Å²) in [6.07, 6.45) is 2.18. The van der Waals surface area contributed by atoms with Crippen molar-refractivity contribution in [3.8, 4) is 0 Å². The summed E-state index contributed by atoms with van der Waals surface area (Å²) < 4.78 is 0. The summed E-state index contributed by atoms with van der Waals surface area (Å²) in [7, 11) is 0. The van der Waals surface area contributed by atoms with Crippen molar-refractivity contribution in [2.24, 2.45) is 0 Å². The Hall–Kier alpha value is -0.480. The molecule has 21 heavy (non-hydrogen) atoms. The molecule has 0 aromatic heterocycles. The van der Waals surface area contributed by atoms with Crippen LogP contribution in [0.15, 0.2) is 12.1 Å². The average Bonchev–Trinajstić information content (AvgIpc) is 2.97. The minimum atomic E-state index is -0.261. The highest BCUT2D eigenvalue weighted by Gasteiger charge is 2.25. The number of carbonyl (C=O) groups excluding carboxylic acids is 1. The second-order valence-corrected chi connectivity index (χ2v) is 6.57. The second-order valence-electron chi connectivity index (χ2n) is 5.41. The van der Waals surface area contributed by atoms with E-state index in [1.54, 1.807) is 6.07 Å². The number of hydrogen-bond acceptors (Lipinski definition) is 2. The zero-order valence-corrected chi connectivity index (χ0v) is 14.4. The SMILES string of the molecule is CC(NC(C)c1ccc(Cl)c(Cl)c1Cl)C(=O)N1CCCC1. The lowest BCUT2D eigenvalue weighted by Crippen LogP contribution is -2.44. The third-order valence-electron chi connectivity index (χ3n) is 3.82. The van der Waals surface area contributed by atoms with Crippen LogP contribution in [0.1, 0.15) is 38.3 Å². The molecule has 0 spiro atoms. The summed E-state index contributed by atoms with van der Waals surface area (Å²) in [6, 6.07) is 3.20. The van der Waals surface area contributed by atoms with Crippen molar-refractivity contribution >= 4 is 40.7 Å². The van der Waals surface area contributed by atoms with E-state index in [2.05, 4.69) is 5.32 Å². The summed E-state index contributed by atoms with van der Waals surface area (Å²) >= 11 is 18.2. The van der Waals surface area contributed by atoms with Gasteiger partial charge in [-0.3, -0.25) is 10.1 Å². The lowest BCUT2D eigenvalue weighted by Gasteiger charge is -2.25. The van der Waals surface area contributed by atoms with Crippen molar-refractivity contribution in [1.29, 1.82) is 0 Å². The normalized spacial score (nSPS) is 17.9. The molecule has 2 atom stereocenters. The van der Waals surface area contributed by atoms with E-state index in [1.807, 2.05) is 24.8 Å². The molecule has 2 rings (SSSR count). The summed E-state index contributed by atoms with van der Waals surface area (Å²) in [5, 5.41) is 4.50. The van der Waals surface area contributed by atoms with Crippen molar-refractivity contribution < 1.29 is 4.79 Å². The maximum absolute atomic E-state index is 12.3. The van der Waals surface area contributed by atoms with Crippen LogP contribution >= 0.6 is 34.8 Å². The number of rotatable bonds is 4. The van der Waals surface area contributed by atoms with Gasteiger partial charge in [-0.1, -0.05) is 40.9 Å². The molecule has 3 nitrogen and oxygen atoms in total. The van der Waals surface area contributed by atoms with Crippen molar-refractivity contribution in [2.45, 2.75) is 38.8 Å². The van der Waals surface area contributed by atoms with E-state index in [1.165, 1.54) is 0 Å². The summed E-state index contributed by atoms with van der Waals surface area (Å²) in [5.74, 6) is 0.135. The summed E-state index contributed by atoms with van der Waals surface area (Å²) in [5.41, 5.74) is 0.840. The predicted octanol–water partition coefficient (Wildman–Crippen LogP) is 4.31. The van der Waals surface area contributed by atoms with Crippen LogP contribution < -0.4 is 5.32 Å². The zero-order chi connectivity index (χ0) is 15.6. The number of benzene rings is 1. The smallest absolute Gasteiger partial charge is 0.239 e. The quantitative estimate of drug-likeness (QED) is 0.822. The molecule has 0 saturated carbocycles. The highest BCUT2D eigenvalue weighted by Crippen LogP contribution is 2.35. The summed E-state index contributed by atoms with van der Waals surface area (Å²) in [6.45, 7) is 5.54. The monoisotopic (exact) mass is 348 g/mol. The molecule has 1 saturated heterocycles. The van der Waals surface area contributed by atoms with Gasteiger partial charge in [0.2, 0.25) is 5.91 Å². The average molecular weight is 350 g/mol. The van der Waals surface area contributed by atoms with E-state index in [0.717, 1.165) is 31.5 Å². The first kappa shape index (κ1) is 16.9.